The van der Waals surface area contributed by atoms with Crippen molar-refractivity contribution in [3.05, 3.63) is 42.0 Å². The van der Waals surface area contributed by atoms with Gasteiger partial charge in [-0.2, -0.15) is 5.10 Å². The number of carbonyl (C=O) groups excluding carboxylic acids is 1. The molecular weight excluding hydrogens is 270 g/mol. The summed E-state index contributed by atoms with van der Waals surface area (Å²) in [5.41, 5.74) is 0.749. The fraction of sp³-hybridized carbons (Fsp3) is 0.400. The molecule has 0 aliphatic carbocycles. The normalized spacial score (nSPS) is 11.0. The zero-order valence-electron chi connectivity index (χ0n) is 12.0. The van der Waals surface area contributed by atoms with Gasteiger partial charge in [-0.05, 0) is 25.0 Å². The lowest BCUT2D eigenvalue weighted by molar-refractivity contribution is 0.101. The standard InChI is InChI=1S/C15H19N3OS/c1-11(2)8-18-15(16-10-17-18)9-20-14-6-4-5-13(7-14)12(3)19/h4-7,10-11H,8-9H2,1-3H3. The van der Waals surface area contributed by atoms with Gasteiger partial charge < -0.3 is 0 Å². The molecule has 1 aromatic heterocycles. The van der Waals surface area contributed by atoms with Crippen molar-refractivity contribution in [2.24, 2.45) is 5.92 Å². The third kappa shape index (κ3) is 3.93. The topological polar surface area (TPSA) is 47.8 Å². The number of carbonyl (C=O) groups is 1. The number of nitrogens with zero attached hydrogens (tertiary/aromatic N) is 3. The molecule has 4 nitrogen and oxygen atoms in total. The van der Waals surface area contributed by atoms with E-state index in [0.717, 1.165) is 28.6 Å². The Labute approximate surface area is 123 Å². The van der Waals surface area contributed by atoms with E-state index in [1.807, 2.05) is 28.9 Å². The Morgan fingerprint density at radius 3 is 2.90 bits per heavy atom. The number of aromatic nitrogens is 3. The van der Waals surface area contributed by atoms with E-state index in [1.54, 1.807) is 25.0 Å². The van der Waals surface area contributed by atoms with Crippen LogP contribution in [0, 0.1) is 5.92 Å². The molecule has 0 bridgehead atoms. The fourth-order valence-electron chi connectivity index (χ4n) is 1.85. The molecule has 0 fully saturated rings. The predicted molar refractivity (Wildman–Crippen MR) is 80.9 cm³/mol. The Balaban J connectivity index is 2.03. The minimum absolute atomic E-state index is 0.0930. The van der Waals surface area contributed by atoms with Crippen LogP contribution in [0.5, 0.6) is 0 Å². The van der Waals surface area contributed by atoms with Crippen LogP contribution < -0.4 is 0 Å². The van der Waals surface area contributed by atoms with Crippen LogP contribution in [0.3, 0.4) is 0 Å². The molecule has 0 amide bonds. The average molecular weight is 289 g/mol. The first-order chi connectivity index (χ1) is 9.56. The van der Waals surface area contributed by atoms with Crippen molar-refractivity contribution in [1.29, 1.82) is 0 Å². The van der Waals surface area contributed by atoms with Crippen LogP contribution in [-0.2, 0) is 12.3 Å². The van der Waals surface area contributed by atoms with Crippen LogP contribution in [0.2, 0.25) is 0 Å². The highest BCUT2D eigenvalue weighted by Crippen LogP contribution is 2.23. The van der Waals surface area contributed by atoms with Gasteiger partial charge >= 0.3 is 0 Å². The molecule has 0 atom stereocenters. The third-order valence-corrected chi connectivity index (χ3v) is 3.83. The highest BCUT2D eigenvalue weighted by atomic mass is 32.2. The van der Waals surface area contributed by atoms with Gasteiger partial charge in [-0.3, -0.25) is 4.79 Å². The van der Waals surface area contributed by atoms with Crippen LogP contribution in [0.1, 0.15) is 37.0 Å². The summed E-state index contributed by atoms with van der Waals surface area (Å²) in [5, 5.41) is 4.25. The molecule has 1 heterocycles. The Kier molecular flexibility index (Phi) is 4.95. The quantitative estimate of drug-likeness (QED) is 0.604. The van der Waals surface area contributed by atoms with Gasteiger partial charge in [-0.15, -0.1) is 11.8 Å². The van der Waals surface area contributed by atoms with E-state index < -0.39 is 0 Å². The van der Waals surface area contributed by atoms with Crippen molar-refractivity contribution in [3.63, 3.8) is 0 Å². The SMILES string of the molecule is CC(=O)c1cccc(SCc2ncnn2CC(C)C)c1. The zero-order valence-corrected chi connectivity index (χ0v) is 12.9. The van der Waals surface area contributed by atoms with Gasteiger partial charge in [-0.1, -0.05) is 26.0 Å². The van der Waals surface area contributed by atoms with E-state index in [1.165, 1.54) is 0 Å². The summed E-state index contributed by atoms with van der Waals surface area (Å²) < 4.78 is 1.95. The molecule has 5 heteroatoms. The lowest BCUT2D eigenvalue weighted by atomic mass is 10.2. The van der Waals surface area contributed by atoms with E-state index in [9.17, 15) is 4.79 Å². The summed E-state index contributed by atoms with van der Waals surface area (Å²) in [5.74, 6) is 2.36. The lowest BCUT2D eigenvalue weighted by Crippen LogP contribution is -2.09. The Bertz CT molecular complexity index is 592. The van der Waals surface area contributed by atoms with E-state index >= 15 is 0 Å². The number of rotatable bonds is 6. The monoisotopic (exact) mass is 289 g/mol. The van der Waals surface area contributed by atoms with Gasteiger partial charge in [0.1, 0.15) is 12.2 Å². The number of thioether (sulfide) groups is 1. The van der Waals surface area contributed by atoms with Gasteiger partial charge in [-0.25, -0.2) is 9.67 Å². The molecule has 0 saturated carbocycles. The molecular formula is C15H19N3OS. The molecule has 0 unspecified atom stereocenters. The predicted octanol–water partition coefficient (Wildman–Crippen LogP) is 3.43. The molecule has 20 heavy (non-hydrogen) atoms. The molecule has 0 aliphatic heterocycles. The van der Waals surface area contributed by atoms with Crippen LogP contribution in [0.4, 0.5) is 0 Å². The Morgan fingerprint density at radius 2 is 2.20 bits per heavy atom. The molecule has 0 N–H and O–H groups in total. The molecule has 0 saturated heterocycles. The first-order valence-corrected chi connectivity index (χ1v) is 7.65. The van der Waals surface area contributed by atoms with Gasteiger partial charge in [0.15, 0.2) is 5.78 Å². The van der Waals surface area contributed by atoms with Crippen molar-refractivity contribution in [2.75, 3.05) is 0 Å². The molecule has 2 rings (SSSR count). The second-order valence-corrected chi connectivity index (χ2v) is 6.17. The van der Waals surface area contributed by atoms with Crippen molar-refractivity contribution in [3.8, 4) is 0 Å². The van der Waals surface area contributed by atoms with Gasteiger partial charge in [0.25, 0.3) is 0 Å². The third-order valence-electron chi connectivity index (χ3n) is 2.84. The molecule has 0 spiro atoms. The maximum Gasteiger partial charge on any atom is 0.159 e. The average Bonchev–Trinajstić information content (AvgIpc) is 2.83. The highest BCUT2D eigenvalue weighted by molar-refractivity contribution is 7.98. The molecule has 1 aromatic carbocycles. The lowest BCUT2D eigenvalue weighted by Gasteiger charge is -2.08. The zero-order chi connectivity index (χ0) is 14.5. The van der Waals surface area contributed by atoms with Crippen LogP contribution >= 0.6 is 11.8 Å². The number of hydrogen-bond acceptors (Lipinski definition) is 4. The molecule has 106 valence electrons. The first-order valence-electron chi connectivity index (χ1n) is 6.66. The number of Topliss-reactive ketones (excluding diaryl/α,β-unsaturated/α-hetero) is 1. The van der Waals surface area contributed by atoms with E-state index in [4.69, 9.17) is 0 Å². The van der Waals surface area contributed by atoms with Gasteiger partial charge in [0.05, 0.1) is 5.75 Å². The van der Waals surface area contributed by atoms with Crippen LogP contribution in [0.15, 0.2) is 35.5 Å². The minimum Gasteiger partial charge on any atom is -0.295 e. The van der Waals surface area contributed by atoms with E-state index in [2.05, 4.69) is 23.9 Å². The maximum absolute atomic E-state index is 11.4. The number of ketones is 1. The van der Waals surface area contributed by atoms with E-state index in [-0.39, 0.29) is 5.78 Å². The molecule has 0 aliphatic rings. The van der Waals surface area contributed by atoms with E-state index in [0.29, 0.717) is 5.92 Å². The van der Waals surface area contributed by atoms with Crippen molar-refractivity contribution >= 4 is 17.5 Å². The van der Waals surface area contributed by atoms with Crippen LogP contribution in [0.25, 0.3) is 0 Å². The van der Waals surface area contributed by atoms with Crippen molar-refractivity contribution < 1.29 is 4.79 Å². The maximum atomic E-state index is 11.4. The smallest absolute Gasteiger partial charge is 0.159 e. The van der Waals surface area contributed by atoms with Crippen LogP contribution in [-0.4, -0.2) is 20.5 Å². The highest BCUT2D eigenvalue weighted by Gasteiger charge is 2.07. The molecule has 0 radical (unpaired) electrons. The summed E-state index contributed by atoms with van der Waals surface area (Å²) in [7, 11) is 0. The summed E-state index contributed by atoms with van der Waals surface area (Å²) in [6, 6.07) is 7.70. The second kappa shape index (κ2) is 6.70. The summed E-state index contributed by atoms with van der Waals surface area (Å²) in [6.45, 7) is 6.79. The summed E-state index contributed by atoms with van der Waals surface area (Å²) >= 11 is 1.68. The van der Waals surface area contributed by atoms with Gasteiger partial charge in [0, 0.05) is 17.0 Å². The minimum atomic E-state index is 0.0930. The van der Waals surface area contributed by atoms with Crippen molar-refractivity contribution in [1.82, 2.24) is 14.8 Å². The van der Waals surface area contributed by atoms with Crippen molar-refractivity contribution in [2.45, 2.75) is 38.0 Å². The number of benzene rings is 1. The second-order valence-electron chi connectivity index (χ2n) is 5.12. The first kappa shape index (κ1) is 14.8. The summed E-state index contributed by atoms with van der Waals surface area (Å²) in [6.07, 6.45) is 1.60. The molecule has 2 aromatic rings. The fourth-order valence-corrected chi connectivity index (χ4v) is 2.76. The number of hydrogen-bond donors (Lipinski definition) is 0. The van der Waals surface area contributed by atoms with Gasteiger partial charge in [0.2, 0.25) is 0 Å². The Morgan fingerprint density at radius 1 is 1.40 bits per heavy atom. The largest absolute Gasteiger partial charge is 0.295 e. The summed E-state index contributed by atoms with van der Waals surface area (Å²) in [4.78, 5) is 16.8. The Hall–Kier alpha value is -1.62.